The number of nitrogens with one attached hydrogen (secondary N) is 3. The van der Waals surface area contributed by atoms with Crippen molar-refractivity contribution in [2.75, 3.05) is 13.6 Å². The largest absolute Gasteiger partial charge is 0.359 e. The Balaban J connectivity index is 2.13. The summed E-state index contributed by atoms with van der Waals surface area (Å²) < 4.78 is 0. The monoisotopic (exact) mass is 209 g/mol. The molecule has 0 fully saturated rings. The number of nitrogens with zero attached hydrogens (tertiary/aromatic N) is 2. The van der Waals surface area contributed by atoms with E-state index in [1.165, 1.54) is 0 Å². The van der Waals surface area contributed by atoms with Crippen LogP contribution in [0.25, 0.3) is 0 Å². The SMILES string of the molecule is CNC(=O)C/C=C\N=C\NC1=NNCC1. The summed E-state index contributed by atoms with van der Waals surface area (Å²) in [6.45, 7) is 0.864. The van der Waals surface area contributed by atoms with Crippen LogP contribution in [0.1, 0.15) is 12.8 Å². The molecule has 82 valence electrons. The van der Waals surface area contributed by atoms with Gasteiger partial charge < -0.3 is 16.1 Å². The average molecular weight is 209 g/mol. The normalized spacial score (nSPS) is 15.4. The molecule has 1 aliphatic heterocycles. The number of aliphatic imine (C=N–C) groups is 1. The summed E-state index contributed by atoms with van der Waals surface area (Å²) in [5.74, 6) is 0.845. The van der Waals surface area contributed by atoms with Gasteiger partial charge in [-0.25, -0.2) is 4.99 Å². The predicted molar refractivity (Wildman–Crippen MR) is 59.5 cm³/mol. The summed E-state index contributed by atoms with van der Waals surface area (Å²) in [4.78, 5) is 14.7. The van der Waals surface area contributed by atoms with E-state index in [1.807, 2.05) is 0 Å². The summed E-state index contributed by atoms with van der Waals surface area (Å²) >= 11 is 0. The smallest absolute Gasteiger partial charge is 0.223 e. The summed E-state index contributed by atoms with van der Waals surface area (Å²) in [5.41, 5.74) is 2.84. The van der Waals surface area contributed by atoms with Gasteiger partial charge in [-0.2, -0.15) is 5.10 Å². The summed E-state index contributed by atoms with van der Waals surface area (Å²) in [5, 5.41) is 9.41. The van der Waals surface area contributed by atoms with Crippen LogP contribution >= 0.6 is 0 Å². The van der Waals surface area contributed by atoms with E-state index in [4.69, 9.17) is 0 Å². The molecule has 0 saturated carbocycles. The van der Waals surface area contributed by atoms with E-state index in [1.54, 1.807) is 25.7 Å². The summed E-state index contributed by atoms with van der Waals surface area (Å²) in [6.07, 6.45) is 6.04. The van der Waals surface area contributed by atoms with Gasteiger partial charge in [0, 0.05) is 32.6 Å². The van der Waals surface area contributed by atoms with Crippen molar-refractivity contribution in [3.8, 4) is 0 Å². The summed E-state index contributed by atoms with van der Waals surface area (Å²) in [7, 11) is 1.60. The third-order valence-corrected chi connectivity index (χ3v) is 1.77. The van der Waals surface area contributed by atoms with Crippen molar-refractivity contribution in [1.29, 1.82) is 0 Å². The highest BCUT2D eigenvalue weighted by Crippen LogP contribution is 1.87. The second-order valence-corrected chi connectivity index (χ2v) is 2.90. The number of hydrogen-bond donors (Lipinski definition) is 3. The van der Waals surface area contributed by atoms with Crippen LogP contribution in [0.5, 0.6) is 0 Å². The van der Waals surface area contributed by atoms with Gasteiger partial charge in [0.15, 0.2) is 0 Å². The van der Waals surface area contributed by atoms with Crippen LogP contribution in [0.15, 0.2) is 22.4 Å². The Labute approximate surface area is 88.5 Å². The van der Waals surface area contributed by atoms with Crippen molar-refractivity contribution < 1.29 is 4.79 Å². The Morgan fingerprint density at radius 3 is 3.27 bits per heavy atom. The highest BCUT2D eigenvalue weighted by atomic mass is 16.1. The van der Waals surface area contributed by atoms with Gasteiger partial charge in [-0.15, -0.1) is 0 Å². The van der Waals surface area contributed by atoms with E-state index in [0.717, 1.165) is 18.8 Å². The Hall–Kier alpha value is -1.85. The van der Waals surface area contributed by atoms with E-state index in [9.17, 15) is 4.79 Å². The van der Waals surface area contributed by atoms with Gasteiger partial charge in [0.1, 0.15) is 5.84 Å². The highest BCUT2D eigenvalue weighted by Gasteiger charge is 2.01. The molecule has 0 unspecified atom stereocenters. The molecular weight excluding hydrogens is 194 g/mol. The third-order valence-electron chi connectivity index (χ3n) is 1.77. The van der Waals surface area contributed by atoms with Crippen molar-refractivity contribution in [3.05, 3.63) is 12.3 Å². The maximum absolute atomic E-state index is 10.8. The molecule has 0 atom stereocenters. The Morgan fingerprint density at radius 1 is 1.73 bits per heavy atom. The minimum absolute atomic E-state index is 0.0289. The topological polar surface area (TPSA) is 77.9 Å². The molecule has 6 heteroatoms. The fourth-order valence-electron chi connectivity index (χ4n) is 0.963. The van der Waals surface area contributed by atoms with Crippen LogP contribution < -0.4 is 16.1 Å². The van der Waals surface area contributed by atoms with Crippen LogP contribution in [-0.4, -0.2) is 31.7 Å². The maximum Gasteiger partial charge on any atom is 0.223 e. The Kier molecular flexibility index (Phi) is 4.93. The van der Waals surface area contributed by atoms with E-state index in [0.29, 0.717) is 6.42 Å². The van der Waals surface area contributed by atoms with Crippen molar-refractivity contribution >= 4 is 18.1 Å². The molecule has 0 aliphatic carbocycles. The quantitative estimate of drug-likeness (QED) is 0.434. The fourth-order valence-corrected chi connectivity index (χ4v) is 0.963. The molecule has 0 bridgehead atoms. The van der Waals surface area contributed by atoms with E-state index >= 15 is 0 Å². The predicted octanol–water partition coefficient (Wildman–Crippen LogP) is -0.439. The zero-order valence-electron chi connectivity index (χ0n) is 8.66. The highest BCUT2D eigenvalue weighted by molar-refractivity contribution is 5.92. The second-order valence-electron chi connectivity index (χ2n) is 2.90. The van der Waals surface area contributed by atoms with Crippen molar-refractivity contribution in [3.63, 3.8) is 0 Å². The van der Waals surface area contributed by atoms with Gasteiger partial charge in [0.05, 0.1) is 6.34 Å². The maximum atomic E-state index is 10.8. The van der Waals surface area contributed by atoms with Crippen LogP contribution in [0.4, 0.5) is 0 Å². The zero-order chi connectivity index (χ0) is 10.9. The standard InChI is InChI=1S/C9H15N5O/c1-10-9(15)3-2-5-11-7-12-8-4-6-13-14-8/h2,5,7,13H,3-4,6H2,1H3,(H,10,15)(H,11,12,14)/b5-2-. The first-order chi connectivity index (χ1) is 7.33. The molecular formula is C9H15N5O. The molecule has 3 N–H and O–H groups in total. The Morgan fingerprint density at radius 2 is 2.60 bits per heavy atom. The average Bonchev–Trinajstić information content (AvgIpc) is 2.75. The lowest BCUT2D eigenvalue weighted by atomic mass is 10.4. The number of rotatable bonds is 4. The molecule has 0 aromatic heterocycles. The van der Waals surface area contributed by atoms with E-state index in [2.05, 4.69) is 26.2 Å². The lowest BCUT2D eigenvalue weighted by Crippen LogP contribution is -2.19. The first-order valence-corrected chi connectivity index (χ1v) is 4.76. The zero-order valence-corrected chi connectivity index (χ0v) is 8.66. The molecule has 6 nitrogen and oxygen atoms in total. The number of hydrazone groups is 1. The second kappa shape index (κ2) is 6.58. The number of hydrogen-bond acceptors (Lipinski definition) is 4. The lowest BCUT2D eigenvalue weighted by Gasteiger charge is -1.93. The fraction of sp³-hybridized carbons (Fsp3) is 0.444. The minimum atomic E-state index is -0.0289. The van der Waals surface area contributed by atoms with E-state index < -0.39 is 0 Å². The number of amides is 1. The van der Waals surface area contributed by atoms with Crippen molar-refractivity contribution in [2.24, 2.45) is 10.1 Å². The van der Waals surface area contributed by atoms with Gasteiger partial charge in [-0.1, -0.05) is 6.08 Å². The van der Waals surface area contributed by atoms with Crippen LogP contribution in [0.2, 0.25) is 0 Å². The Bertz CT molecular complexity index is 295. The van der Waals surface area contributed by atoms with Crippen LogP contribution in [0, 0.1) is 0 Å². The molecule has 1 amide bonds. The van der Waals surface area contributed by atoms with Crippen molar-refractivity contribution in [1.82, 2.24) is 16.1 Å². The van der Waals surface area contributed by atoms with Crippen LogP contribution in [-0.2, 0) is 4.79 Å². The lowest BCUT2D eigenvalue weighted by molar-refractivity contribution is -0.119. The molecule has 0 spiro atoms. The first-order valence-electron chi connectivity index (χ1n) is 4.76. The molecule has 0 saturated heterocycles. The number of carbonyl (C=O) groups excluding carboxylic acids is 1. The minimum Gasteiger partial charge on any atom is -0.359 e. The van der Waals surface area contributed by atoms with E-state index in [-0.39, 0.29) is 5.91 Å². The molecule has 1 heterocycles. The van der Waals surface area contributed by atoms with Gasteiger partial charge >= 0.3 is 0 Å². The molecule has 1 aliphatic rings. The van der Waals surface area contributed by atoms with Gasteiger partial charge in [0.25, 0.3) is 0 Å². The van der Waals surface area contributed by atoms with Crippen molar-refractivity contribution in [2.45, 2.75) is 12.8 Å². The number of carbonyl (C=O) groups is 1. The number of amidine groups is 1. The molecule has 0 aromatic carbocycles. The summed E-state index contributed by atoms with van der Waals surface area (Å²) in [6, 6.07) is 0. The molecule has 0 aromatic rings. The molecule has 1 rings (SSSR count). The molecule has 0 radical (unpaired) electrons. The van der Waals surface area contributed by atoms with Gasteiger partial charge in [-0.3, -0.25) is 4.79 Å². The first kappa shape index (κ1) is 11.2. The molecule has 15 heavy (non-hydrogen) atoms. The van der Waals surface area contributed by atoms with Gasteiger partial charge in [0.2, 0.25) is 5.91 Å². The third kappa shape index (κ3) is 4.80. The van der Waals surface area contributed by atoms with Crippen LogP contribution in [0.3, 0.4) is 0 Å². The van der Waals surface area contributed by atoms with Gasteiger partial charge in [-0.05, 0) is 0 Å².